The zero-order chi connectivity index (χ0) is 13.0. The van der Waals surface area contributed by atoms with Crippen LogP contribution in [0, 0.1) is 18.6 Å². The van der Waals surface area contributed by atoms with E-state index in [1.807, 2.05) is 0 Å². The Bertz CT molecular complexity index is 604. The highest BCUT2D eigenvalue weighted by molar-refractivity contribution is 5.64. The number of H-pyrrole nitrogens is 1. The van der Waals surface area contributed by atoms with Gasteiger partial charge in [0.1, 0.15) is 11.6 Å². The minimum absolute atomic E-state index is 0.126. The van der Waals surface area contributed by atoms with Crippen LogP contribution < -0.4 is 0 Å². The average Bonchev–Trinajstić information content (AvgIpc) is 2.46. The van der Waals surface area contributed by atoms with Crippen LogP contribution in [-0.4, -0.2) is 9.97 Å². The summed E-state index contributed by atoms with van der Waals surface area (Å²) in [4.78, 5) is 6.61. The van der Waals surface area contributed by atoms with Gasteiger partial charge in [0.2, 0.25) is 0 Å². The molecule has 4 heteroatoms. The molecule has 1 heterocycles. The van der Waals surface area contributed by atoms with Crippen LogP contribution in [0.4, 0.5) is 8.78 Å². The first kappa shape index (κ1) is 12.2. The lowest BCUT2D eigenvalue weighted by atomic mass is 10.0. The number of aryl methyl sites for hydroxylation is 1. The Hall–Kier alpha value is -2.23. The Labute approximate surface area is 104 Å². The summed E-state index contributed by atoms with van der Waals surface area (Å²) in [6.45, 7) is 1.64. The number of halogens is 2. The Kier molecular flexibility index (Phi) is 3.67. The van der Waals surface area contributed by atoms with Gasteiger partial charge in [0.05, 0.1) is 0 Å². The molecular formula is C14H12F2N2. The Morgan fingerprint density at radius 2 is 1.89 bits per heavy atom. The van der Waals surface area contributed by atoms with Gasteiger partial charge in [0.15, 0.2) is 0 Å². The third-order valence-electron chi connectivity index (χ3n) is 2.53. The van der Waals surface area contributed by atoms with Gasteiger partial charge in [-0.15, -0.1) is 0 Å². The zero-order valence-electron chi connectivity index (χ0n) is 9.82. The van der Waals surface area contributed by atoms with Crippen molar-refractivity contribution in [2.75, 3.05) is 0 Å². The minimum Gasteiger partial charge on any atom is -0.366 e. The number of nitrogens with zero attached hydrogens (tertiary/aromatic N) is 1. The highest BCUT2D eigenvalue weighted by atomic mass is 19.1. The lowest BCUT2D eigenvalue weighted by molar-refractivity contribution is 0.611. The number of rotatable bonds is 1. The van der Waals surface area contributed by atoms with E-state index in [0.717, 1.165) is 0 Å². The summed E-state index contributed by atoms with van der Waals surface area (Å²) in [5, 5.41) is 0. The highest BCUT2D eigenvalue weighted by Crippen LogP contribution is 2.25. The summed E-state index contributed by atoms with van der Waals surface area (Å²) in [6.07, 6.45) is 5.75. The van der Waals surface area contributed by atoms with Gasteiger partial charge in [0.25, 0.3) is 0 Å². The van der Waals surface area contributed by atoms with Crippen LogP contribution >= 0.6 is 0 Å². The van der Waals surface area contributed by atoms with Crippen molar-refractivity contribution in [2.45, 2.75) is 6.92 Å². The fourth-order valence-corrected chi connectivity index (χ4v) is 1.59. The Morgan fingerprint density at radius 3 is 2.72 bits per heavy atom. The van der Waals surface area contributed by atoms with E-state index in [1.165, 1.54) is 30.7 Å². The fourth-order valence-electron chi connectivity index (χ4n) is 1.59. The van der Waals surface area contributed by atoms with E-state index >= 15 is 0 Å². The second-order valence-corrected chi connectivity index (χ2v) is 3.79. The molecule has 0 saturated heterocycles. The molecule has 0 aliphatic rings. The maximum atomic E-state index is 14.0. The standard InChI is InChI=1S/C14H12F2N2/c1-10-3-2-4-11(14(10)16)12-9-18-8-7-17-6-5-13(12)15/h2-9,17H,1H3. The second-order valence-electron chi connectivity index (χ2n) is 3.79. The molecule has 0 radical (unpaired) electrons. The number of benzene rings is 1. The van der Waals surface area contributed by atoms with Gasteiger partial charge in [-0.25, -0.2) is 8.78 Å². The third-order valence-corrected chi connectivity index (χ3v) is 2.53. The molecule has 2 nitrogen and oxygen atoms in total. The molecule has 1 aromatic heterocycles. The monoisotopic (exact) mass is 246 g/mol. The van der Waals surface area contributed by atoms with Gasteiger partial charge in [-0.05, 0) is 18.6 Å². The number of hydrogen-bond acceptors (Lipinski definition) is 1. The minimum atomic E-state index is -0.542. The summed E-state index contributed by atoms with van der Waals surface area (Å²) in [5.74, 6) is -0.974. The molecule has 0 amide bonds. The smallest absolute Gasteiger partial charge is 0.134 e. The van der Waals surface area contributed by atoms with E-state index in [2.05, 4.69) is 9.97 Å². The molecule has 2 rings (SSSR count). The molecule has 0 saturated carbocycles. The van der Waals surface area contributed by atoms with E-state index < -0.39 is 11.6 Å². The van der Waals surface area contributed by atoms with E-state index in [1.54, 1.807) is 25.3 Å². The van der Waals surface area contributed by atoms with Crippen LogP contribution in [0.2, 0.25) is 0 Å². The van der Waals surface area contributed by atoms with E-state index in [-0.39, 0.29) is 11.1 Å². The molecule has 1 aromatic carbocycles. The molecule has 0 spiro atoms. The van der Waals surface area contributed by atoms with Crippen molar-refractivity contribution in [3.63, 3.8) is 0 Å². The summed E-state index contributed by atoms with van der Waals surface area (Å²) >= 11 is 0. The molecule has 0 fully saturated rings. The second kappa shape index (κ2) is 5.40. The number of nitrogens with one attached hydrogen (secondary N) is 1. The maximum absolute atomic E-state index is 14.0. The van der Waals surface area contributed by atoms with Gasteiger partial charge in [-0.2, -0.15) is 0 Å². The first-order valence-corrected chi connectivity index (χ1v) is 5.46. The van der Waals surface area contributed by atoms with Gasteiger partial charge >= 0.3 is 0 Å². The number of aromatic nitrogens is 2. The third kappa shape index (κ3) is 2.53. The highest BCUT2D eigenvalue weighted by Gasteiger charge is 2.10. The number of hydrogen-bond donors (Lipinski definition) is 1. The van der Waals surface area contributed by atoms with E-state index in [4.69, 9.17) is 0 Å². The van der Waals surface area contributed by atoms with Crippen molar-refractivity contribution in [1.29, 1.82) is 0 Å². The van der Waals surface area contributed by atoms with Crippen molar-refractivity contribution in [3.8, 4) is 11.1 Å². The summed E-state index contributed by atoms with van der Waals surface area (Å²) in [5.41, 5.74) is 0.802. The van der Waals surface area contributed by atoms with E-state index in [0.29, 0.717) is 5.56 Å². The average molecular weight is 246 g/mol. The topological polar surface area (TPSA) is 28.7 Å². The van der Waals surface area contributed by atoms with E-state index in [9.17, 15) is 8.78 Å². The van der Waals surface area contributed by atoms with Crippen LogP contribution in [0.1, 0.15) is 5.56 Å². The fraction of sp³-hybridized carbons (Fsp3) is 0.0714. The van der Waals surface area contributed by atoms with Gasteiger partial charge in [-0.3, -0.25) is 4.98 Å². The first-order chi connectivity index (χ1) is 8.70. The normalized spacial score (nSPS) is 9.94. The molecule has 0 atom stereocenters. The van der Waals surface area contributed by atoms with Crippen molar-refractivity contribution >= 4 is 0 Å². The van der Waals surface area contributed by atoms with Gasteiger partial charge in [0, 0.05) is 35.9 Å². The summed E-state index contributed by atoms with van der Waals surface area (Å²) in [6, 6.07) is 6.10. The maximum Gasteiger partial charge on any atom is 0.134 e. The molecule has 1 N–H and O–H groups in total. The largest absolute Gasteiger partial charge is 0.366 e. The predicted molar refractivity (Wildman–Crippen MR) is 66.3 cm³/mol. The van der Waals surface area contributed by atoms with Gasteiger partial charge in [-0.1, -0.05) is 18.2 Å². The lowest BCUT2D eigenvalue weighted by Gasteiger charge is -2.04. The van der Waals surface area contributed by atoms with Crippen LogP contribution in [0.3, 0.4) is 0 Å². The van der Waals surface area contributed by atoms with Crippen LogP contribution in [0.25, 0.3) is 11.1 Å². The zero-order valence-corrected chi connectivity index (χ0v) is 9.82. The van der Waals surface area contributed by atoms with Crippen molar-refractivity contribution < 1.29 is 8.78 Å². The molecule has 92 valence electrons. The van der Waals surface area contributed by atoms with Crippen molar-refractivity contribution in [2.24, 2.45) is 0 Å². The quantitative estimate of drug-likeness (QED) is 0.814. The number of aromatic amines is 1. The molecule has 0 aliphatic heterocycles. The molecule has 18 heavy (non-hydrogen) atoms. The van der Waals surface area contributed by atoms with Gasteiger partial charge < -0.3 is 4.98 Å². The Morgan fingerprint density at radius 1 is 1.06 bits per heavy atom. The summed E-state index contributed by atoms with van der Waals surface area (Å²) in [7, 11) is 0. The molecule has 0 bridgehead atoms. The lowest BCUT2D eigenvalue weighted by Crippen LogP contribution is -1.90. The molecule has 0 aliphatic carbocycles. The molecular weight excluding hydrogens is 234 g/mol. The van der Waals surface area contributed by atoms with Crippen LogP contribution in [0.5, 0.6) is 0 Å². The van der Waals surface area contributed by atoms with Crippen LogP contribution in [0.15, 0.2) is 49.1 Å². The Balaban J connectivity index is 2.72. The molecule has 0 unspecified atom stereocenters. The predicted octanol–water partition coefficient (Wildman–Crippen LogP) is 3.79. The molecule has 2 aromatic rings. The van der Waals surface area contributed by atoms with Crippen molar-refractivity contribution in [3.05, 3.63) is 66.3 Å². The first-order valence-electron chi connectivity index (χ1n) is 5.46. The SMILES string of the molecule is Cc1cccc(-c2cncc[nH]ccc2F)c1F. The van der Waals surface area contributed by atoms with Crippen LogP contribution in [-0.2, 0) is 0 Å². The summed E-state index contributed by atoms with van der Waals surface area (Å²) < 4.78 is 27.9. The van der Waals surface area contributed by atoms with Crippen molar-refractivity contribution in [1.82, 2.24) is 9.97 Å².